The molecule has 4 aromatic rings. The molecule has 2 unspecified atom stereocenters. The number of rotatable bonds is 9. The fraction of sp³-hybridized carbons (Fsp3) is 0.367. The van der Waals surface area contributed by atoms with Crippen molar-refractivity contribution in [3.05, 3.63) is 75.2 Å². The third-order valence-corrected chi connectivity index (χ3v) is 7.78. The number of aromatic hydroxyl groups is 1. The minimum Gasteiger partial charge on any atom is -0.508 e. The van der Waals surface area contributed by atoms with Crippen molar-refractivity contribution in [1.29, 1.82) is 0 Å². The van der Waals surface area contributed by atoms with Crippen molar-refractivity contribution in [1.82, 2.24) is 19.4 Å². The van der Waals surface area contributed by atoms with E-state index in [1.807, 2.05) is 0 Å². The van der Waals surface area contributed by atoms with Crippen molar-refractivity contribution in [2.24, 2.45) is 7.05 Å². The molecule has 0 saturated carbocycles. The van der Waals surface area contributed by atoms with Crippen LogP contribution in [0.15, 0.2) is 45.6 Å². The van der Waals surface area contributed by atoms with Crippen molar-refractivity contribution in [2.75, 3.05) is 36.9 Å². The molecule has 11 nitrogen and oxygen atoms in total. The molecule has 3 heterocycles. The highest BCUT2D eigenvalue weighted by atomic mass is 19.1. The van der Waals surface area contributed by atoms with E-state index in [4.69, 9.17) is 4.42 Å². The summed E-state index contributed by atoms with van der Waals surface area (Å²) in [7, 11) is 3.38. The minimum atomic E-state index is -1.35. The number of hydrogen-bond acceptors (Lipinski definition) is 9. The van der Waals surface area contributed by atoms with Gasteiger partial charge in [-0.05, 0) is 68.1 Å². The fourth-order valence-electron chi connectivity index (χ4n) is 5.67. The number of anilines is 2. The first-order valence-corrected chi connectivity index (χ1v) is 13.7. The molecule has 1 fully saturated rings. The molecule has 2 N–H and O–H groups in total. The van der Waals surface area contributed by atoms with Crippen molar-refractivity contribution in [3.8, 4) is 5.75 Å². The Kier molecular flexibility index (Phi) is 7.97. The summed E-state index contributed by atoms with van der Waals surface area (Å²) in [5.41, 5.74) is 3.76. The molecule has 2 aromatic carbocycles. The number of benzene rings is 2. The van der Waals surface area contributed by atoms with Crippen LogP contribution < -0.4 is 16.0 Å². The Morgan fingerprint density at radius 2 is 2.02 bits per heavy atom. The SMILES string of the molecule is CNc1ccc(O)cc1CCN(C=O)C1CCN(c2cc(C(=O)c3cc(C)c4c(c3)oc(=O)n4C)nc(C)n2)CC1F. The highest BCUT2D eigenvalue weighted by molar-refractivity contribution is 6.09. The standard InChI is InChI=1S/C30H33FN6O5/c1-17-11-20(13-26-28(17)35(4)30(41)42-26)29(40)24-14-27(34-18(2)33-24)36-10-8-25(22(31)15-36)37(16-38)9-7-19-12-21(39)5-6-23(19)32-3/h5-6,11-14,16,22,25,32,39H,7-10,15H2,1-4H3. The number of piperidine rings is 1. The largest absolute Gasteiger partial charge is 0.508 e. The molecule has 1 aliphatic rings. The molecule has 1 amide bonds. The Morgan fingerprint density at radius 3 is 2.74 bits per heavy atom. The third-order valence-electron chi connectivity index (χ3n) is 7.78. The van der Waals surface area contributed by atoms with Gasteiger partial charge in [0.1, 0.15) is 29.3 Å². The predicted octanol–water partition coefficient (Wildman–Crippen LogP) is 3.13. The van der Waals surface area contributed by atoms with E-state index in [-0.39, 0.29) is 23.8 Å². The monoisotopic (exact) mass is 576 g/mol. The maximum atomic E-state index is 15.6. The number of amides is 1. The van der Waals surface area contributed by atoms with E-state index in [0.717, 1.165) is 11.3 Å². The van der Waals surface area contributed by atoms with E-state index >= 15 is 4.39 Å². The first kappa shape index (κ1) is 28.8. The number of aryl methyl sites for hydroxylation is 3. The van der Waals surface area contributed by atoms with Gasteiger partial charge in [-0.1, -0.05) is 0 Å². The molecule has 5 rings (SSSR count). The molecule has 42 heavy (non-hydrogen) atoms. The number of halogens is 1. The number of fused-ring (bicyclic) bond motifs is 1. The topological polar surface area (TPSA) is 134 Å². The first-order chi connectivity index (χ1) is 20.1. The van der Waals surface area contributed by atoms with Gasteiger partial charge in [0.15, 0.2) is 5.58 Å². The van der Waals surface area contributed by atoms with Gasteiger partial charge in [-0.25, -0.2) is 19.2 Å². The molecule has 0 bridgehead atoms. The molecule has 0 radical (unpaired) electrons. The summed E-state index contributed by atoms with van der Waals surface area (Å²) < 4.78 is 22.2. The number of oxazole rings is 1. The highest BCUT2D eigenvalue weighted by Gasteiger charge is 2.34. The number of nitrogens with zero attached hydrogens (tertiary/aromatic N) is 5. The number of hydrogen-bond donors (Lipinski definition) is 2. The lowest BCUT2D eigenvalue weighted by atomic mass is 10.00. The number of aromatic nitrogens is 3. The van der Waals surface area contributed by atoms with Crippen LogP contribution in [0, 0.1) is 13.8 Å². The average molecular weight is 577 g/mol. The maximum absolute atomic E-state index is 15.6. The zero-order valence-corrected chi connectivity index (χ0v) is 23.9. The molecular formula is C30H33FN6O5. The van der Waals surface area contributed by atoms with E-state index in [1.165, 1.54) is 15.5 Å². The Labute approximate surface area is 241 Å². The van der Waals surface area contributed by atoms with Gasteiger partial charge in [0.05, 0.1) is 18.1 Å². The fourth-order valence-corrected chi connectivity index (χ4v) is 5.67. The van der Waals surface area contributed by atoms with Gasteiger partial charge >= 0.3 is 5.76 Å². The van der Waals surface area contributed by atoms with E-state index in [0.29, 0.717) is 66.2 Å². The molecule has 2 aromatic heterocycles. The van der Waals surface area contributed by atoms with E-state index in [2.05, 4.69) is 15.3 Å². The van der Waals surface area contributed by atoms with Crippen LogP contribution in [0.25, 0.3) is 11.1 Å². The second-order valence-electron chi connectivity index (χ2n) is 10.6. The van der Waals surface area contributed by atoms with Crippen molar-refractivity contribution < 1.29 is 23.5 Å². The van der Waals surface area contributed by atoms with Gasteiger partial charge in [-0.2, -0.15) is 0 Å². The number of phenols is 1. The summed E-state index contributed by atoms with van der Waals surface area (Å²) >= 11 is 0. The van der Waals surface area contributed by atoms with Crippen LogP contribution in [-0.4, -0.2) is 75.6 Å². The van der Waals surface area contributed by atoms with Gasteiger partial charge < -0.3 is 24.6 Å². The Hall–Kier alpha value is -4.74. The maximum Gasteiger partial charge on any atom is 0.419 e. The molecule has 0 aliphatic carbocycles. The van der Waals surface area contributed by atoms with Crippen molar-refractivity contribution >= 4 is 34.8 Å². The second kappa shape index (κ2) is 11.6. The molecule has 220 valence electrons. The lowest BCUT2D eigenvalue weighted by molar-refractivity contribution is -0.122. The number of carbonyl (C=O) groups excluding carboxylic acids is 2. The van der Waals surface area contributed by atoms with Crippen LogP contribution in [0.4, 0.5) is 15.9 Å². The van der Waals surface area contributed by atoms with E-state index in [9.17, 15) is 19.5 Å². The zero-order valence-electron chi connectivity index (χ0n) is 23.9. The Morgan fingerprint density at radius 1 is 1.24 bits per heavy atom. The molecular weight excluding hydrogens is 543 g/mol. The predicted molar refractivity (Wildman–Crippen MR) is 156 cm³/mol. The van der Waals surface area contributed by atoms with Crippen molar-refractivity contribution in [2.45, 2.75) is 38.9 Å². The summed E-state index contributed by atoms with van der Waals surface area (Å²) in [5.74, 6) is 0.0198. The van der Waals surface area contributed by atoms with Gasteiger partial charge in [0.25, 0.3) is 0 Å². The molecule has 1 aliphatic heterocycles. The van der Waals surface area contributed by atoms with Crippen LogP contribution in [0.5, 0.6) is 5.75 Å². The molecule has 0 spiro atoms. The van der Waals surface area contributed by atoms with E-state index < -0.39 is 18.0 Å². The number of ketones is 1. The Bertz CT molecular complexity index is 1720. The summed E-state index contributed by atoms with van der Waals surface area (Å²) in [6.07, 6.45) is 0.143. The lowest BCUT2D eigenvalue weighted by Gasteiger charge is -2.39. The first-order valence-electron chi connectivity index (χ1n) is 13.7. The van der Waals surface area contributed by atoms with Crippen LogP contribution in [0.2, 0.25) is 0 Å². The molecule has 1 saturated heterocycles. The lowest BCUT2D eigenvalue weighted by Crippen LogP contribution is -2.53. The summed E-state index contributed by atoms with van der Waals surface area (Å²) in [6, 6.07) is 9.11. The Balaban J connectivity index is 1.31. The third kappa shape index (κ3) is 5.56. The number of carbonyl (C=O) groups is 2. The zero-order chi connectivity index (χ0) is 30.1. The number of phenolic OH excluding ortho intramolecular Hbond substituents is 1. The van der Waals surface area contributed by atoms with Gasteiger partial charge in [0, 0.05) is 44.5 Å². The van der Waals surface area contributed by atoms with Gasteiger partial charge in [-0.3, -0.25) is 14.2 Å². The normalized spacial score (nSPS) is 16.9. The second-order valence-corrected chi connectivity index (χ2v) is 10.6. The summed E-state index contributed by atoms with van der Waals surface area (Å²) in [6.45, 7) is 4.17. The molecule has 12 heteroatoms. The number of nitrogens with one attached hydrogen (secondary N) is 1. The summed E-state index contributed by atoms with van der Waals surface area (Å²) in [4.78, 5) is 49.4. The molecule has 2 atom stereocenters. The summed E-state index contributed by atoms with van der Waals surface area (Å²) in [5, 5.41) is 12.9. The van der Waals surface area contributed by atoms with Crippen LogP contribution >= 0.6 is 0 Å². The number of alkyl halides is 1. The van der Waals surface area contributed by atoms with Gasteiger partial charge in [0.2, 0.25) is 12.2 Å². The van der Waals surface area contributed by atoms with Crippen LogP contribution in [-0.2, 0) is 18.3 Å². The quantitative estimate of drug-likeness (QED) is 0.175. The average Bonchev–Trinajstić information content (AvgIpc) is 3.26. The smallest absolute Gasteiger partial charge is 0.419 e. The van der Waals surface area contributed by atoms with Crippen LogP contribution in [0.3, 0.4) is 0 Å². The van der Waals surface area contributed by atoms with Crippen LogP contribution in [0.1, 0.15) is 39.4 Å². The van der Waals surface area contributed by atoms with Crippen molar-refractivity contribution in [3.63, 3.8) is 0 Å². The van der Waals surface area contributed by atoms with E-state index in [1.54, 1.807) is 63.2 Å². The van der Waals surface area contributed by atoms with Gasteiger partial charge in [-0.15, -0.1) is 0 Å². The minimum absolute atomic E-state index is 0.00673. The highest BCUT2D eigenvalue weighted by Crippen LogP contribution is 2.27.